The highest BCUT2D eigenvalue weighted by Gasteiger charge is 2.18. The van der Waals surface area contributed by atoms with Gasteiger partial charge < -0.3 is 20.9 Å². The van der Waals surface area contributed by atoms with Crippen LogP contribution < -0.4 is 20.1 Å². The van der Waals surface area contributed by atoms with E-state index in [1.54, 1.807) is 0 Å². The van der Waals surface area contributed by atoms with Crippen molar-refractivity contribution in [2.75, 3.05) is 36.9 Å². The number of aliphatic hydroxyl groups is 1. The lowest BCUT2D eigenvalue weighted by molar-refractivity contribution is 0.300. The van der Waals surface area contributed by atoms with Gasteiger partial charge in [-0.3, -0.25) is 0 Å². The van der Waals surface area contributed by atoms with Crippen molar-refractivity contribution in [1.29, 1.82) is 0 Å². The van der Waals surface area contributed by atoms with Crippen molar-refractivity contribution in [1.82, 2.24) is 19.8 Å². The fourth-order valence-electron chi connectivity index (χ4n) is 1.90. The van der Waals surface area contributed by atoms with Crippen LogP contribution in [-0.4, -0.2) is 61.1 Å². The van der Waals surface area contributed by atoms with Gasteiger partial charge in [0.05, 0.1) is 11.1 Å². The summed E-state index contributed by atoms with van der Waals surface area (Å²) in [7, 11) is -3.73. The third-order valence-electron chi connectivity index (χ3n) is 3.11. The van der Waals surface area contributed by atoms with E-state index < -0.39 is 16.0 Å². The van der Waals surface area contributed by atoms with Crippen LogP contribution in [0.3, 0.4) is 0 Å². The number of nitrogens with one attached hydrogen (secondary N) is 4. The van der Waals surface area contributed by atoms with Crippen LogP contribution in [-0.2, 0) is 10.2 Å². The first-order valence-corrected chi connectivity index (χ1v) is 10.00. The molecule has 0 saturated carbocycles. The van der Waals surface area contributed by atoms with Gasteiger partial charge in [0.2, 0.25) is 11.7 Å². The van der Waals surface area contributed by atoms with Gasteiger partial charge in [0.25, 0.3) is 10.2 Å². The van der Waals surface area contributed by atoms with Crippen molar-refractivity contribution in [3.8, 4) is 0 Å². The first-order chi connectivity index (χ1) is 13.4. The number of anilines is 2. The van der Waals surface area contributed by atoms with Crippen molar-refractivity contribution < 1.29 is 27.8 Å². The van der Waals surface area contributed by atoms with E-state index >= 15 is 0 Å². The zero-order chi connectivity index (χ0) is 20.6. The zero-order valence-electron chi connectivity index (χ0n) is 14.2. The fraction of sp³-hybridized carbons (Fsp3) is 0.308. The molecule has 6 N–H and O–H groups in total. The van der Waals surface area contributed by atoms with Crippen LogP contribution in [0.25, 0.3) is 0 Å². The minimum atomic E-state index is -3.73. The fourth-order valence-corrected chi connectivity index (χ4v) is 3.11. The van der Waals surface area contributed by atoms with E-state index in [2.05, 4.69) is 56.1 Å². The van der Waals surface area contributed by atoms with Gasteiger partial charge in [-0.2, -0.15) is 8.42 Å². The summed E-state index contributed by atoms with van der Waals surface area (Å²) in [5, 5.41) is 33.7. The molecule has 12 nitrogen and oxygen atoms in total. The number of aliphatic hydroxyl groups excluding tert-OH is 1. The second kappa shape index (κ2) is 10.3. The Morgan fingerprint density at radius 1 is 1.25 bits per heavy atom. The van der Waals surface area contributed by atoms with Gasteiger partial charge in [0, 0.05) is 25.3 Å². The summed E-state index contributed by atoms with van der Waals surface area (Å²) in [5.74, 6) is -0.508. The molecule has 0 bridgehead atoms. The number of hydrogen-bond acceptors (Lipinski definition) is 9. The Kier molecular flexibility index (Phi) is 8.06. The molecule has 1 aromatic heterocycles. The van der Waals surface area contributed by atoms with Gasteiger partial charge in [-0.05, 0) is 44.4 Å². The third kappa shape index (κ3) is 6.38. The topological polar surface area (TPSA) is 174 Å². The maximum absolute atomic E-state index is 13.3. The summed E-state index contributed by atoms with van der Waals surface area (Å²) in [6, 6.07) is 4.05. The maximum Gasteiger partial charge on any atom is 0.277 e. The van der Waals surface area contributed by atoms with Gasteiger partial charge in [-0.15, -0.1) is 0 Å². The molecule has 2 rings (SSSR count). The van der Waals surface area contributed by atoms with Crippen LogP contribution >= 0.6 is 15.9 Å². The van der Waals surface area contributed by atoms with E-state index in [4.69, 9.17) is 5.11 Å². The van der Waals surface area contributed by atoms with Crippen LogP contribution in [0.1, 0.15) is 5.69 Å². The van der Waals surface area contributed by atoms with E-state index in [-0.39, 0.29) is 48.1 Å². The molecular weight excluding hydrogens is 465 g/mol. The quantitative estimate of drug-likeness (QED) is 0.0899. The molecule has 0 amide bonds. The predicted molar refractivity (Wildman–Crippen MR) is 101 cm³/mol. The normalized spacial score (nSPS) is 12.2. The van der Waals surface area contributed by atoms with Crippen molar-refractivity contribution >= 4 is 43.5 Å². The summed E-state index contributed by atoms with van der Waals surface area (Å²) in [4.78, 5) is 0. The van der Waals surface area contributed by atoms with Gasteiger partial charge in [0.1, 0.15) is 5.82 Å². The van der Waals surface area contributed by atoms with Gasteiger partial charge >= 0.3 is 0 Å². The number of halogens is 2. The van der Waals surface area contributed by atoms with Crippen molar-refractivity contribution in [2.45, 2.75) is 0 Å². The Hall–Kier alpha value is -2.33. The highest BCUT2D eigenvalue weighted by atomic mass is 79.9. The minimum Gasteiger partial charge on any atom is -0.409 e. The number of oxime groups is 1. The van der Waals surface area contributed by atoms with E-state index in [1.165, 1.54) is 18.2 Å². The Balaban J connectivity index is 1.96. The van der Waals surface area contributed by atoms with Crippen LogP contribution in [0.5, 0.6) is 0 Å². The van der Waals surface area contributed by atoms with Crippen molar-refractivity contribution in [2.24, 2.45) is 5.16 Å². The lowest BCUT2D eigenvalue weighted by Gasteiger charge is -2.09. The molecule has 0 radical (unpaired) electrons. The average Bonchev–Trinajstić information content (AvgIpc) is 3.13. The number of benzene rings is 1. The summed E-state index contributed by atoms with van der Waals surface area (Å²) in [6.45, 7) is -0.352. The van der Waals surface area contributed by atoms with Crippen molar-refractivity contribution in [3.63, 3.8) is 0 Å². The van der Waals surface area contributed by atoms with E-state index in [0.717, 1.165) is 0 Å². The van der Waals surface area contributed by atoms with Crippen molar-refractivity contribution in [3.05, 3.63) is 34.2 Å². The Morgan fingerprint density at radius 2 is 2.00 bits per heavy atom. The molecule has 1 aromatic carbocycles. The molecule has 0 spiro atoms. The SMILES string of the molecule is O=S(=O)(NCCO)NCCNc1nonc1C(=NO)Nc1ccc(F)c(Br)c1. The molecule has 0 atom stereocenters. The van der Waals surface area contributed by atoms with Crippen LogP contribution in [0.15, 0.2) is 32.5 Å². The number of amidine groups is 1. The summed E-state index contributed by atoms with van der Waals surface area (Å²) >= 11 is 3.04. The van der Waals surface area contributed by atoms with Gasteiger partial charge in [-0.25, -0.2) is 18.5 Å². The minimum absolute atomic E-state index is 0.0169. The molecule has 15 heteroatoms. The maximum atomic E-state index is 13.3. The third-order valence-corrected chi connectivity index (χ3v) is 4.88. The number of aromatic nitrogens is 2. The van der Waals surface area contributed by atoms with E-state index in [0.29, 0.717) is 5.69 Å². The molecule has 0 aliphatic heterocycles. The van der Waals surface area contributed by atoms with Gasteiger partial charge in [-0.1, -0.05) is 5.16 Å². The Bertz CT molecular complexity index is 924. The second-order valence-corrected chi connectivity index (χ2v) is 7.54. The van der Waals surface area contributed by atoms with Crippen LogP contribution in [0.4, 0.5) is 15.9 Å². The monoisotopic (exact) mass is 481 g/mol. The highest BCUT2D eigenvalue weighted by molar-refractivity contribution is 9.10. The largest absolute Gasteiger partial charge is 0.409 e. The predicted octanol–water partition coefficient (Wildman–Crippen LogP) is 0.0473. The lowest BCUT2D eigenvalue weighted by atomic mass is 10.3. The molecule has 0 fully saturated rings. The highest BCUT2D eigenvalue weighted by Crippen LogP contribution is 2.21. The number of nitrogens with zero attached hydrogens (tertiary/aromatic N) is 3. The molecule has 1 heterocycles. The average molecular weight is 482 g/mol. The van der Waals surface area contributed by atoms with E-state index in [9.17, 15) is 18.0 Å². The lowest BCUT2D eigenvalue weighted by Crippen LogP contribution is -2.40. The summed E-state index contributed by atoms with van der Waals surface area (Å²) in [6.07, 6.45) is 0. The molecule has 0 saturated heterocycles. The molecule has 154 valence electrons. The van der Waals surface area contributed by atoms with Crippen LogP contribution in [0.2, 0.25) is 0 Å². The molecule has 0 aliphatic rings. The zero-order valence-corrected chi connectivity index (χ0v) is 16.6. The first-order valence-electron chi connectivity index (χ1n) is 7.72. The molecule has 28 heavy (non-hydrogen) atoms. The summed E-state index contributed by atoms with van der Waals surface area (Å²) < 4.78 is 45.6. The molecule has 2 aromatic rings. The smallest absolute Gasteiger partial charge is 0.277 e. The summed E-state index contributed by atoms with van der Waals surface area (Å²) in [5.41, 5.74) is 0.418. The Labute approximate surface area is 167 Å². The molecular formula is C13H17BrFN7O5S. The van der Waals surface area contributed by atoms with Gasteiger partial charge in [0.15, 0.2) is 5.69 Å². The first kappa shape index (κ1) is 22.0. The standard InChI is InChI=1S/C13H17BrFN7O5S/c14-9-7-8(1-2-10(9)15)19-13(20-24)11-12(22-27-21-11)16-3-4-17-28(25,26)18-5-6-23/h1-2,7,17-18,23-24H,3-6H2,(H,16,22)(H,19,20). The number of hydrogen-bond donors (Lipinski definition) is 6. The van der Waals surface area contributed by atoms with E-state index in [1.807, 2.05) is 0 Å². The van der Waals surface area contributed by atoms with Crippen LogP contribution in [0, 0.1) is 5.82 Å². The molecule has 0 unspecified atom stereocenters. The molecule has 0 aliphatic carbocycles. The Morgan fingerprint density at radius 3 is 2.68 bits per heavy atom. The second-order valence-electron chi connectivity index (χ2n) is 5.11. The number of rotatable bonds is 10.